The molecule has 0 saturated carbocycles. The molecule has 1 rings (SSSR count). The Bertz CT molecular complexity index is 248. The first kappa shape index (κ1) is 7.84. The Morgan fingerprint density at radius 3 is 3.00 bits per heavy atom. The maximum atomic E-state index is 10.8. The van der Waals surface area contributed by atoms with E-state index >= 15 is 0 Å². The van der Waals surface area contributed by atoms with E-state index in [4.69, 9.17) is 5.73 Å². The van der Waals surface area contributed by atoms with E-state index in [0.29, 0.717) is 9.61 Å². The monoisotopic (exact) mass is 220 g/mol. The Morgan fingerprint density at radius 1 is 1.90 bits per heavy atom. The van der Waals surface area contributed by atoms with E-state index in [9.17, 15) is 4.79 Å². The SMILES string of the molecule is NCC(=O)c1nc(Br)cs1. The zero-order valence-electron chi connectivity index (χ0n) is 5.00. The highest BCUT2D eigenvalue weighted by Gasteiger charge is 2.06. The highest BCUT2D eigenvalue weighted by Crippen LogP contribution is 2.14. The standard InChI is InChI=1S/C5H5BrN2OS/c6-4-2-10-5(8-4)3(9)1-7/h2H,1,7H2. The summed E-state index contributed by atoms with van der Waals surface area (Å²) in [7, 11) is 0. The van der Waals surface area contributed by atoms with Gasteiger partial charge < -0.3 is 5.73 Å². The first-order valence-electron chi connectivity index (χ1n) is 2.58. The smallest absolute Gasteiger partial charge is 0.204 e. The topological polar surface area (TPSA) is 56.0 Å². The van der Waals surface area contributed by atoms with Gasteiger partial charge in [0.05, 0.1) is 6.54 Å². The summed E-state index contributed by atoms with van der Waals surface area (Å²) in [5.74, 6) is -0.115. The molecule has 0 unspecified atom stereocenters. The van der Waals surface area contributed by atoms with Gasteiger partial charge in [0, 0.05) is 5.38 Å². The fourth-order valence-electron chi connectivity index (χ4n) is 0.470. The van der Waals surface area contributed by atoms with Crippen LogP contribution in [0.1, 0.15) is 9.80 Å². The maximum Gasteiger partial charge on any atom is 0.204 e. The molecule has 0 fully saturated rings. The van der Waals surface area contributed by atoms with Crippen molar-refractivity contribution in [3.05, 3.63) is 15.0 Å². The average molecular weight is 221 g/mol. The van der Waals surface area contributed by atoms with Gasteiger partial charge in [-0.15, -0.1) is 11.3 Å². The number of carbonyl (C=O) groups excluding carboxylic acids is 1. The van der Waals surface area contributed by atoms with Crippen molar-refractivity contribution < 1.29 is 4.79 Å². The number of rotatable bonds is 2. The van der Waals surface area contributed by atoms with Crippen molar-refractivity contribution in [2.24, 2.45) is 5.73 Å². The second kappa shape index (κ2) is 3.23. The van der Waals surface area contributed by atoms with Crippen LogP contribution in [-0.2, 0) is 0 Å². The number of thiazole rings is 1. The second-order valence-electron chi connectivity index (χ2n) is 1.60. The molecular weight excluding hydrogens is 216 g/mol. The Hall–Kier alpha value is -0.260. The third-order valence-corrected chi connectivity index (χ3v) is 2.49. The Morgan fingerprint density at radius 2 is 2.60 bits per heavy atom. The molecule has 0 aliphatic carbocycles. The van der Waals surface area contributed by atoms with Crippen LogP contribution in [0.2, 0.25) is 0 Å². The summed E-state index contributed by atoms with van der Waals surface area (Å²) in [5, 5.41) is 2.22. The van der Waals surface area contributed by atoms with E-state index in [2.05, 4.69) is 20.9 Å². The molecule has 1 heterocycles. The fraction of sp³-hybridized carbons (Fsp3) is 0.200. The van der Waals surface area contributed by atoms with E-state index in [0.717, 1.165) is 0 Å². The van der Waals surface area contributed by atoms with Crippen molar-refractivity contribution >= 4 is 33.0 Å². The van der Waals surface area contributed by atoms with Crippen molar-refractivity contribution in [3.8, 4) is 0 Å². The number of ketones is 1. The molecule has 0 saturated heterocycles. The van der Waals surface area contributed by atoms with Gasteiger partial charge >= 0.3 is 0 Å². The highest BCUT2D eigenvalue weighted by atomic mass is 79.9. The summed E-state index contributed by atoms with van der Waals surface area (Å²) in [6.07, 6.45) is 0. The molecule has 0 amide bonds. The summed E-state index contributed by atoms with van der Waals surface area (Å²) in [6, 6.07) is 0. The molecule has 3 nitrogen and oxygen atoms in total. The third-order valence-electron chi connectivity index (χ3n) is 0.900. The highest BCUT2D eigenvalue weighted by molar-refractivity contribution is 9.10. The van der Waals surface area contributed by atoms with Crippen molar-refractivity contribution in [3.63, 3.8) is 0 Å². The largest absolute Gasteiger partial charge is 0.324 e. The number of halogens is 1. The maximum absolute atomic E-state index is 10.8. The van der Waals surface area contributed by atoms with Gasteiger partial charge in [-0.05, 0) is 15.9 Å². The predicted molar refractivity (Wildman–Crippen MR) is 43.2 cm³/mol. The lowest BCUT2D eigenvalue weighted by atomic mass is 10.4. The lowest BCUT2D eigenvalue weighted by Crippen LogP contribution is -2.12. The van der Waals surface area contributed by atoms with E-state index in [1.165, 1.54) is 11.3 Å². The molecule has 0 aliphatic heterocycles. The molecule has 0 atom stereocenters. The van der Waals surface area contributed by atoms with Gasteiger partial charge in [-0.25, -0.2) is 4.98 Å². The Kier molecular flexibility index (Phi) is 2.53. The van der Waals surface area contributed by atoms with Gasteiger partial charge in [0.15, 0.2) is 5.01 Å². The van der Waals surface area contributed by atoms with E-state index < -0.39 is 0 Å². The number of nitrogens with two attached hydrogens (primary N) is 1. The molecule has 0 bridgehead atoms. The quantitative estimate of drug-likeness (QED) is 0.759. The minimum atomic E-state index is -0.115. The average Bonchev–Trinajstić information content (AvgIpc) is 2.34. The van der Waals surface area contributed by atoms with Gasteiger partial charge in [-0.3, -0.25) is 4.79 Å². The molecule has 1 aromatic rings. The predicted octanol–water partition coefficient (Wildman–Crippen LogP) is 1.05. The van der Waals surface area contributed by atoms with Crippen molar-refractivity contribution in [1.82, 2.24) is 4.98 Å². The second-order valence-corrected chi connectivity index (χ2v) is 3.27. The van der Waals surface area contributed by atoms with Crippen LogP contribution in [0.5, 0.6) is 0 Å². The summed E-state index contributed by atoms with van der Waals surface area (Å²) in [5.41, 5.74) is 5.12. The first-order valence-corrected chi connectivity index (χ1v) is 4.25. The van der Waals surface area contributed by atoms with Gasteiger partial charge in [0.25, 0.3) is 0 Å². The van der Waals surface area contributed by atoms with Crippen molar-refractivity contribution in [2.75, 3.05) is 6.54 Å². The lowest BCUT2D eigenvalue weighted by molar-refractivity contribution is 0.100. The number of hydrogen-bond acceptors (Lipinski definition) is 4. The zero-order valence-corrected chi connectivity index (χ0v) is 7.41. The molecule has 0 aliphatic rings. The van der Waals surface area contributed by atoms with E-state index in [-0.39, 0.29) is 12.3 Å². The first-order chi connectivity index (χ1) is 4.74. The number of aromatic nitrogens is 1. The van der Waals surface area contributed by atoms with Crippen LogP contribution in [0, 0.1) is 0 Å². The molecule has 54 valence electrons. The molecule has 0 aromatic carbocycles. The molecule has 0 spiro atoms. The molecule has 0 radical (unpaired) electrons. The van der Waals surface area contributed by atoms with Gasteiger partial charge in [0.2, 0.25) is 5.78 Å². The van der Waals surface area contributed by atoms with Crippen LogP contribution >= 0.6 is 27.3 Å². The van der Waals surface area contributed by atoms with Crippen molar-refractivity contribution in [1.29, 1.82) is 0 Å². The number of Topliss-reactive ketones (excluding diaryl/α,β-unsaturated/α-hetero) is 1. The van der Waals surface area contributed by atoms with Crippen LogP contribution < -0.4 is 5.73 Å². The minimum Gasteiger partial charge on any atom is -0.324 e. The van der Waals surface area contributed by atoms with Crippen LogP contribution in [0.4, 0.5) is 0 Å². The van der Waals surface area contributed by atoms with Crippen molar-refractivity contribution in [2.45, 2.75) is 0 Å². The van der Waals surface area contributed by atoms with Gasteiger partial charge in [-0.2, -0.15) is 0 Å². The fourth-order valence-corrected chi connectivity index (χ4v) is 1.67. The summed E-state index contributed by atoms with van der Waals surface area (Å²) in [6.45, 7) is 0.0277. The number of hydrogen-bond donors (Lipinski definition) is 1. The van der Waals surface area contributed by atoms with Gasteiger partial charge in [-0.1, -0.05) is 0 Å². The van der Waals surface area contributed by atoms with E-state index in [1.807, 2.05) is 0 Å². The minimum absolute atomic E-state index is 0.0277. The lowest BCUT2D eigenvalue weighted by Gasteiger charge is -1.85. The summed E-state index contributed by atoms with van der Waals surface area (Å²) < 4.78 is 0.689. The third kappa shape index (κ3) is 1.62. The van der Waals surface area contributed by atoms with Crippen LogP contribution in [0.3, 0.4) is 0 Å². The zero-order chi connectivity index (χ0) is 7.56. The molecule has 2 N–H and O–H groups in total. The van der Waals surface area contributed by atoms with Crippen LogP contribution in [0.15, 0.2) is 9.98 Å². The van der Waals surface area contributed by atoms with E-state index in [1.54, 1.807) is 5.38 Å². The van der Waals surface area contributed by atoms with Gasteiger partial charge in [0.1, 0.15) is 4.60 Å². The summed E-state index contributed by atoms with van der Waals surface area (Å²) in [4.78, 5) is 14.7. The molecule has 10 heavy (non-hydrogen) atoms. The number of nitrogens with zero attached hydrogens (tertiary/aromatic N) is 1. The molecule has 1 aromatic heterocycles. The van der Waals surface area contributed by atoms with Crippen LogP contribution in [0.25, 0.3) is 0 Å². The Labute approximate surface area is 70.4 Å². The van der Waals surface area contributed by atoms with Crippen LogP contribution in [-0.4, -0.2) is 17.3 Å². The summed E-state index contributed by atoms with van der Waals surface area (Å²) >= 11 is 4.43. The Balaban J connectivity index is 2.85. The molecule has 5 heteroatoms. The normalized spacial score (nSPS) is 9.80. The molecular formula is C5H5BrN2OS. The number of carbonyl (C=O) groups is 1.